The number of aryl methyl sites for hydroxylation is 1. The number of hydrogen-bond acceptors (Lipinski definition) is 7. The Morgan fingerprint density at radius 1 is 1.19 bits per heavy atom. The molecule has 0 aliphatic rings. The summed E-state index contributed by atoms with van der Waals surface area (Å²) in [6, 6.07) is 7.15. The van der Waals surface area contributed by atoms with E-state index in [9.17, 15) is 14.7 Å². The summed E-state index contributed by atoms with van der Waals surface area (Å²) in [5.41, 5.74) is 4.30. The summed E-state index contributed by atoms with van der Waals surface area (Å²) < 4.78 is 0. The maximum atomic E-state index is 12.9. The minimum Gasteiger partial charge on any atom is -0.394 e. The van der Waals surface area contributed by atoms with Crippen molar-refractivity contribution < 1.29 is 14.7 Å². The largest absolute Gasteiger partial charge is 0.394 e. The lowest BCUT2D eigenvalue weighted by molar-refractivity contribution is 0.0827. The Morgan fingerprint density at radius 2 is 1.94 bits per heavy atom. The van der Waals surface area contributed by atoms with Gasteiger partial charge < -0.3 is 20.6 Å². The van der Waals surface area contributed by atoms with Crippen LogP contribution in [0, 0.1) is 6.92 Å². The third kappa shape index (κ3) is 5.30. The summed E-state index contributed by atoms with van der Waals surface area (Å²) in [6.07, 6.45) is 1.66. The van der Waals surface area contributed by atoms with Gasteiger partial charge in [-0.05, 0) is 50.1 Å². The van der Waals surface area contributed by atoms with Crippen LogP contribution in [0.4, 0.5) is 11.6 Å². The number of hydrogen-bond donors (Lipinski definition) is 3. The zero-order chi connectivity index (χ0) is 23.5. The van der Waals surface area contributed by atoms with Crippen LogP contribution in [0.5, 0.6) is 0 Å². The number of nitrogens with zero attached hydrogens (tertiary/aromatic N) is 3. The van der Waals surface area contributed by atoms with Crippen LogP contribution in [0.25, 0.3) is 11.1 Å². The fourth-order valence-electron chi connectivity index (χ4n) is 3.01. The summed E-state index contributed by atoms with van der Waals surface area (Å²) >= 11 is 1.40. The maximum Gasteiger partial charge on any atom is 0.257 e. The van der Waals surface area contributed by atoms with E-state index in [1.807, 2.05) is 26.8 Å². The average molecular weight is 454 g/mol. The van der Waals surface area contributed by atoms with Gasteiger partial charge in [-0.25, -0.2) is 9.97 Å². The molecule has 8 nitrogen and oxygen atoms in total. The Bertz CT molecular complexity index is 1130. The van der Waals surface area contributed by atoms with Crippen molar-refractivity contribution in [2.24, 2.45) is 0 Å². The van der Waals surface area contributed by atoms with Crippen LogP contribution < -0.4 is 10.6 Å². The molecule has 0 bridgehead atoms. The predicted molar refractivity (Wildman–Crippen MR) is 127 cm³/mol. The first-order valence-corrected chi connectivity index (χ1v) is 11.0. The van der Waals surface area contributed by atoms with Crippen molar-refractivity contribution >= 4 is 34.8 Å². The molecule has 3 N–H and O–H groups in total. The van der Waals surface area contributed by atoms with Crippen LogP contribution >= 0.6 is 11.3 Å². The second kappa shape index (κ2) is 9.46. The number of aromatic nitrogens is 2. The molecular formula is C23H27N5O3S. The Hall–Kier alpha value is -3.30. The van der Waals surface area contributed by atoms with Gasteiger partial charge in [0.2, 0.25) is 0 Å². The van der Waals surface area contributed by atoms with Crippen LogP contribution in [0.1, 0.15) is 40.1 Å². The standard InChI is InChI=1S/C23H27N5O3S/c1-14-6-7-15(21(30)26-19-11-32-13-25-19)8-17(14)16-9-18(22(31)28(4)5)20(24-10-16)27-23(2,3)12-29/h6-11,13,29H,12H2,1-5H3,(H,24,27)(H,26,30). The average Bonchev–Trinajstić information content (AvgIpc) is 3.26. The molecule has 168 valence electrons. The highest BCUT2D eigenvalue weighted by Gasteiger charge is 2.23. The molecule has 0 aliphatic carbocycles. The van der Waals surface area contributed by atoms with E-state index in [1.165, 1.54) is 16.2 Å². The third-order valence-corrected chi connectivity index (χ3v) is 5.45. The van der Waals surface area contributed by atoms with Gasteiger partial charge in [0.05, 0.1) is 23.2 Å². The summed E-state index contributed by atoms with van der Waals surface area (Å²) in [7, 11) is 3.34. The van der Waals surface area contributed by atoms with E-state index in [4.69, 9.17) is 0 Å². The van der Waals surface area contributed by atoms with E-state index < -0.39 is 5.54 Å². The molecule has 32 heavy (non-hydrogen) atoms. The zero-order valence-corrected chi connectivity index (χ0v) is 19.6. The smallest absolute Gasteiger partial charge is 0.257 e. The molecule has 0 atom stereocenters. The molecule has 3 rings (SSSR count). The summed E-state index contributed by atoms with van der Waals surface area (Å²) in [6.45, 7) is 5.45. The van der Waals surface area contributed by atoms with Crippen LogP contribution in [0.2, 0.25) is 0 Å². The number of thiazole rings is 1. The molecule has 3 aromatic rings. The molecule has 2 amide bonds. The molecule has 2 heterocycles. The molecule has 0 spiro atoms. The van der Waals surface area contributed by atoms with E-state index in [1.54, 1.807) is 49.4 Å². The number of pyridine rings is 1. The number of aliphatic hydroxyl groups is 1. The SMILES string of the molecule is Cc1ccc(C(=O)Nc2cscn2)cc1-c1cnc(NC(C)(C)CO)c(C(=O)N(C)C)c1. The molecule has 0 saturated carbocycles. The van der Waals surface area contributed by atoms with Crippen molar-refractivity contribution in [1.82, 2.24) is 14.9 Å². The number of aliphatic hydroxyl groups excluding tert-OH is 1. The van der Waals surface area contributed by atoms with E-state index in [2.05, 4.69) is 20.6 Å². The molecular weight excluding hydrogens is 426 g/mol. The monoisotopic (exact) mass is 453 g/mol. The quantitative estimate of drug-likeness (QED) is 0.504. The lowest BCUT2D eigenvalue weighted by atomic mass is 9.97. The summed E-state index contributed by atoms with van der Waals surface area (Å²) in [5.74, 6) is 0.412. The molecule has 1 aromatic carbocycles. The van der Waals surface area contributed by atoms with Gasteiger partial charge in [-0.3, -0.25) is 9.59 Å². The number of anilines is 2. The Labute approximate surface area is 191 Å². The summed E-state index contributed by atoms with van der Waals surface area (Å²) in [5, 5.41) is 17.3. The maximum absolute atomic E-state index is 12.9. The van der Waals surface area contributed by atoms with Gasteiger partial charge >= 0.3 is 0 Å². The van der Waals surface area contributed by atoms with Gasteiger partial charge in [0.15, 0.2) is 0 Å². The van der Waals surface area contributed by atoms with Crippen LogP contribution in [0.15, 0.2) is 41.4 Å². The molecule has 0 saturated heterocycles. The van der Waals surface area contributed by atoms with Crippen LogP contribution in [0.3, 0.4) is 0 Å². The molecule has 2 aromatic heterocycles. The van der Waals surface area contributed by atoms with E-state index >= 15 is 0 Å². The van der Waals surface area contributed by atoms with E-state index in [-0.39, 0.29) is 18.4 Å². The first-order valence-electron chi connectivity index (χ1n) is 10.0. The Balaban J connectivity index is 2.02. The topological polar surface area (TPSA) is 107 Å². The van der Waals surface area contributed by atoms with E-state index in [0.29, 0.717) is 28.3 Å². The normalized spacial score (nSPS) is 11.2. The van der Waals surface area contributed by atoms with Crippen molar-refractivity contribution in [2.45, 2.75) is 26.3 Å². The predicted octanol–water partition coefficient (Wildman–Crippen LogP) is 3.65. The van der Waals surface area contributed by atoms with Gasteiger partial charge in [0.25, 0.3) is 11.8 Å². The second-order valence-electron chi connectivity index (χ2n) is 8.34. The molecule has 0 unspecified atom stereocenters. The van der Waals surface area contributed by atoms with E-state index in [0.717, 1.165) is 11.1 Å². The number of amides is 2. The highest BCUT2D eigenvalue weighted by molar-refractivity contribution is 7.07. The van der Waals surface area contributed by atoms with Crippen molar-refractivity contribution in [1.29, 1.82) is 0 Å². The lowest BCUT2D eigenvalue weighted by Gasteiger charge is -2.26. The molecule has 0 aliphatic heterocycles. The Kier molecular flexibility index (Phi) is 6.90. The second-order valence-corrected chi connectivity index (χ2v) is 9.06. The van der Waals surface area contributed by atoms with Crippen molar-refractivity contribution in [2.75, 3.05) is 31.3 Å². The van der Waals surface area contributed by atoms with Crippen LogP contribution in [-0.2, 0) is 0 Å². The number of rotatable bonds is 7. The molecule has 9 heteroatoms. The third-order valence-electron chi connectivity index (χ3n) is 4.86. The number of carbonyl (C=O) groups excluding carboxylic acids is 2. The van der Waals surface area contributed by atoms with Crippen molar-refractivity contribution in [3.05, 3.63) is 58.0 Å². The molecule has 0 radical (unpaired) electrons. The summed E-state index contributed by atoms with van der Waals surface area (Å²) in [4.78, 5) is 35.6. The van der Waals surface area contributed by atoms with Crippen LogP contribution in [-0.4, -0.2) is 58.0 Å². The zero-order valence-electron chi connectivity index (χ0n) is 18.8. The molecule has 0 fully saturated rings. The van der Waals surface area contributed by atoms with Gasteiger partial charge in [-0.1, -0.05) is 6.07 Å². The van der Waals surface area contributed by atoms with Gasteiger partial charge in [-0.15, -0.1) is 11.3 Å². The lowest BCUT2D eigenvalue weighted by Crippen LogP contribution is -2.36. The van der Waals surface area contributed by atoms with Gasteiger partial charge in [0, 0.05) is 36.8 Å². The highest BCUT2D eigenvalue weighted by atomic mass is 32.1. The number of benzene rings is 1. The van der Waals surface area contributed by atoms with Gasteiger partial charge in [0.1, 0.15) is 11.6 Å². The first kappa shape index (κ1) is 23.4. The first-order chi connectivity index (χ1) is 15.1. The Morgan fingerprint density at radius 3 is 2.56 bits per heavy atom. The van der Waals surface area contributed by atoms with Crippen molar-refractivity contribution in [3.63, 3.8) is 0 Å². The fourth-order valence-corrected chi connectivity index (χ4v) is 3.50. The fraction of sp³-hybridized carbons (Fsp3) is 0.304. The minimum absolute atomic E-state index is 0.124. The highest BCUT2D eigenvalue weighted by Crippen LogP contribution is 2.29. The number of carbonyl (C=O) groups is 2. The van der Waals surface area contributed by atoms with Crippen molar-refractivity contribution in [3.8, 4) is 11.1 Å². The minimum atomic E-state index is -0.653. The number of nitrogens with one attached hydrogen (secondary N) is 2. The van der Waals surface area contributed by atoms with Gasteiger partial charge in [-0.2, -0.15) is 0 Å².